The standard InChI is InChI=1S/C8H16N2O2/c9-8(11)3-4-10-7-2-1-5-12-6-7/h7,10H,1-6H2,(H2,9,11). The Balaban J connectivity index is 2.01. The van der Waals surface area contributed by atoms with Crippen LogP contribution in [0.15, 0.2) is 0 Å². The average molecular weight is 172 g/mol. The fourth-order valence-electron chi connectivity index (χ4n) is 1.30. The number of rotatable bonds is 4. The molecule has 0 aromatic heterocycles. The molecule has 4 nitrogen and oxygen atoms in total. The maximum absolute atomic E-state index is 10.4. The largest absolute Gasteiger partial charge is 0.380 e. The van der Waals surface area contributed by atoms with Crippen molar-refractivity contribution in [2.45, 2.75) is 25.3 Å². The topological polar surface area (TPSA) is 64.4 Å². The first-order valence-corrected chi connectivity index (χ1v) is 4.38. The maximum atomic E-state index is 10.4. The van der Waals surface area contributed by atoms with Gasteiger partial charge in [0.2, 0.25) is 5.91 Å². The highest BCUT2D eigenvalue weighted by atomic mass is 16.5. The number of carbonyl (C=O) groups is 1. The predicted octanol–water partition coefficient (Wildman–Crippen LogP) is -0.370. The van der Waals surface area contributed by atoms with Crippen molar-refractivity contribution in [3.63, 3.8) is 0 Å². The zero-order valence-electron chi connectivity index (χ0n) is 7.21. The molecule has 1 heterocycles. The van der Waals surface area contributed by atoms with Crippen LogP contribution in [0, 0.1) is 0 Å². The van der Waals surface area contributed by atoms with E-state index in [1.165, 1.54) is 0 Å². The third kappa shape index (κ3) is 3.69. The molecule has 0 saturated carbocycles. The lowest BCUT2D eigenvalue weighted by atomic mass is 10.1. The number of ether oxygens (including phenoxy) is 1. The Morgan fingerprint density at radius 2 is 2.50 bits per heavy atom. The van der Waals surface area contributed by atoms with Crippen LogP contribution in [0.2, 0.25) is 0 Å². The molecular weight excluding hydrogens is 156 g/mol. The highest BCUT2D eigenvalue weighted by Crippen LogP contribution is 2.05. The van der Waals surface area contributed by atoms with Crippen molar-refractivity contribution in [2.24, 2.45) is 5.73 Å². The molecule has 70 valence electrons. The summed E-state index contributed by atoms with van der Waals surface area (Å²) in [4.78, 5) is 10.4. The van der Waals surface area contributed by atoms with E-state index in [1.807, 2.05) is 0 Å². The number of amides is 1. The molecule has 0 bridgehead atoms. The van der Waals surface area contributed by atoms with Gasteiger partial charge in [-0.2, -0.15) is 0 Å². The zero-order valence-corrected chi connectivity index (χ0v) is 7.21. The van der Waals surface area contributed by atoms with E-state index in [4.69, 9.17) is 10.5 Å². The SMILES string of the molecule is NC(=O)CCNC1CCCOC1. The van der Waals surface area contributed by atoms with Crippen molar-refractivity contribution < 1.29 is 9.53 Å². The van der Waals surface area contributed by atoms with Gasteiger partial charge < -0.3 is 15.8 Å². The van der Waals surface area contributed by atoms with Crippen LogP contribution in [0.25, 0.3) is 0 Å². The Kier molecular flexibility index (Phi) is 4.04. The molecule has 0 aromatic carbocycles. The Hall–Kier alpha value is -0.610. The molecule has 3 N–H and O–H groups in total. The summed E-state index contributed by atoms with van der Waals surface area (Å²) < 4.78 is 5.26. The summed E-state index contributed by atoms with van der Waals surface area (Å²) in [5.41, 5.74) is 5.00. The second-order valence-corrected chi connectivity index (χ2v) is 3.08. The van der Waals surface area contributed by atoms with Crippen molar-refractivity contribution in [2.75, 3.05) is 19.8 Å². The normalized spacial score (nSPS) is 23.8. The van der Waals surface area contributed by atoms with Crippen LogP contribution in [0.4, 0.5) is 0 Å². The fourth-order valence-corrected chi connectivity index (χ4v) is 1.30. The molecule has 1 fully saturated rings. The smallest absolute Gasteiger partial charge is 0.218 e. The van der Waals surface area contributed by atoms with Gasteiger partial charge in [-0.25, -0.2) is 0 Å². The van der Waals surface area contributed by atoms with Crippen LogP contribution < -0.4 is 11.1 Å². The van der Waals surface area contributed by atoms with Gasteiger partial charge in [-0.05, 0) is 12.8 Å². The van der Waals surface area contributed by atoms with Crippen molar-refractivity contribution in [3.8, 4) is 0 Å². The van der Waals surface area contributed by atoms with Crippen molar-refractivity contribution in [1.29, 1.82) is 0 Å². The minimum absolute atomic E-state index is 0.251. The minimum atomic E-state index is -0.251. The summed E-state index contributed by atoms with van der Waals surface area (Å²) in [5.74, 6) is -0.251. The first kappa shape index (κ1) is 9.48. The predicted molar refractivity (Wildman–Crippen MR) is 45.7 cm³/mol. The summed E-state index contributed by atoms with van der Waals surface area (Å²) in [7, 11) is 0. The average Bonchev–Trinajstić information content (AvgIpc) is 2.05. The number of hydrogen-bond donors (Lipinski definition) is 2. The second kappa shape index (κ2) is 5.11. The number of primary amides is 1. The molecule has 4 heteroatoms. The van der Waals surface area contributed by atoms with Gasteiger partial charge in [0, 0.05) is 25.6 Å². The van der Waals surface area contributed by atoms with Gasteiger partial charge in [0.25, 0.3) is 0 Å². The zero-order chi connectivity index (χ0) is 8.81. The Morgan fingerprint density at radius 1 is 1.67 bits per heavy atom. The maximum Gasteiger partial charge on any atom is 0.218 e. The van der Waals surface area contributed by atoms with Gasteiger partial charge in [0.05, 0.1) is 6.61 Å². The van der Waals surface area contributed by atoms with Gasteiger partial charge in [-0.1, -0.05) is 0 Å². The highest BCUT2D eigenvalue weighted by molar-refractivity contribution is 5.73. The van der Waals surface area contributed by atoms with Crippen LogP contribution in [0.1, 0.15) is 19.3 Å². The molecule has 1 rings (SSSR count). The highest BCUT2D eigenvalue weighted by Gasteiger charge is 2.12. The number of hydrogen-bond acceptors (Lipinski definition) is 3. The van der Waals surface area contributed by atoms with Crippen LogP contribution in [0.3, 0.4) is 0 Å². The molecule has 1 unspecified atom stereocenters. The van der Waals surface area contributed by atoms with E-state index < -0.39 is 0 Å². The number of nitrogens with one attached hydrogen (secondary N) is 1. The Morgan fingerprint density at radius 3 is 3.08 bits per heavy atom. The monoisotopic (exact) mass is 172 g/mol. The molecule has 0 aromatic rings. The first-order valence-electron chi connectivity index (χ1n) is 4.38. The lowest BCUT2D eigenvalue weighted by Crippen LogP contribution is -2.38. The number of carbonyl (C=O) groups excluding carboxylic acids is 1. The molecule has 1 aliphatic rings. The van der Waals surface area contributed by atoms with Gasteiger partial charge in [-0.3, -0.25) is 4.79 Å². The molecule has 1 saturated heterocycles. The van der Waals surface area contributed by atoms with Crippen molar-refractivity contribution >= 4 is 5.91 Å². The van der Waals surface area contributed by atoms with Gasteiger partial charge >= 0.3 is 0 Å². The molecule has 1 atom stereocenters. The summed E-state index contributed by atoms with van der Waals surface area (Å²) in [6, 6.07) is 0.415. The molecule has 0 aliphatic carbocycles. The lowest BCUT2D eigenvalue weighted by Gasteiger charge is -2.22. The second-order valence-electron chi connectivity index (χ2n) is 3.08. The molecule has 12 heavy (non-hydrogen) atoms. The molecule has 1 amide bonds. The van der Waals surface area contributed by atoms with E-state index in [-0.39, 0.29) is 5.91 Å². The Bertz CT molecular complexity index is 144. The van der Waals surface area contributed by atoms with E-state index in [0.29, 0.717) is 19.0 Å². The summed E-state index contributed by atoms with van der Waals surface area (Å²) in [6.07, 6.45) is 2.66. The summed E-state index contributed by atoms with van der Waals surface area (Å²) in [5, 5.41) is 3.23. The van der Waals surface area contributed by atoms with E-state index in [2.05, 4.69) is 5.32 Å². The molecule has 1 aliphatic heterocycles. The van der Waals surface area contributed by atoms with E-state index in [0.717, 1.165) is 26.1 Å². The van der Waals surface area contributed by atoms with Gasteiger partial charge in [-0.15, -0.1) is 0 Å². The van der Waals surface area contributed by atoms with E-state index in [9.17, 15) is 4.79 Å². The van der Waals surface area contributed by atoms with Crippen LogP contribution in [-0.2, 0) is 9.53 Å². The van der Waals surface area contributed by atoms with E-state index in [1.54, 1.807) is 0 Å². The van der Waals surface area contributed by atoms with Crippen LogP contribution in [-0.4, -0.2) is 31.7 Å². The van der Waals surface area contributed by atoms with Crippen molar-refractivity contribution in [3.05, 3.63) is 0 Å². The quantitative estimate of drug-likeness (QED) is 0.608. The van der Waals surface area contributed by atoms with Crippen LogP contribution >= 0.6 is 0 Å². The number of nitrogens with two attached hydrogens (primary N) is 1. The third-order valence-corrected chi connectivity index (χ3v) is 1.96. The molecule has 0 spiro atoms. The summed E-state index contributed by atoms with van der Waals surface area (Å²) >= 11 is 0. The Labute approximate surface area is 72.5 Å². The molecule has 0 radical (unpaired) electrons. The van der Waals surface area contributed by atoms with Gasteiger partial charge in [0.1, 0.15) is 0 Å². The fraction of sp³-hybridized carbons (Fsp3) is 0.875. The van der Waals surface area contributed by atoms with Crippen molar-refractivity contribution in [1.82, 2.24) is 5.32 Å². The summed E-state index contributed by atoms with van der Waals surface area (Å²) in [6.45, 7) is 2.30. The molecular formula is C8H16N2O2. The van der Waals surface area contributed by atoms with E-state index >= 15 is 0 Å². The lowest BCUT2D eigenvalue weighted by molar-refractivity contribution is -0.117. The first-order chi connectivity index (χ1) is 5.79. The minimum Gasteiger partial charge on any atom is -0.380 e. The van der Waals surface area contributed by atoms with Crippen LogP contribution in [0.5, 0.6) is 0 Å². The third-order valence-electron chi connectivity index (χ3n) is 1.96. The van der Waals surface area contributed by atoms with Gasteiger partial charge in [0.15, 0.2) is 0 Å².